The fraction of sp³-hybridized carbons (Fsp3) is 0.933. The van der Waals surface area contributed by atoms with Crippen molar-refractivity contribution in [3.8, 4) is 6.07 Å². The molecule has 0 aromatic carbocycles. The van der Waals surface area contributed by atoms with E-state index in [-0.39, 0.29) is 5.54 Å². The maximum Gasteiger partial charge on any atom is 0.104 e. The molecule has 0 saturated carbocycles. The number of nitrogens with zero attached hydrogens (tertiary/aromatic N) is 1. The Morgan fingerprint density at radius 2 is 1.83 bits per heavy atom. The minimum absolute atomic E-state index is 0.350. The summed E-state index contributed by atoms with van der Waals surface area (Å²) >= 11 is 2.05. The lowest BCUT2D eigenvalue weighted by Crippen LogP contribution is -2.44. The van der Waals surface area contributed by atoms with E-state index in [1.807, 2.05) is 6.92 Å². The molecule has 0 aromatic heterocycles. The van der Waals surface area contributed by atoms with Gasteiger partial charge in [0.1, 0.15) is 5.54 Å². The predicted molar refractivity (Wildman–Crippen MR) is 82.9 cm³/mol. The van der Waals surface area contributed by atoms with Crippen LogP contribution >= 0.6 is 11.8 Å². The van der Waals surface area contributed by atoms with E-state index in [0.29, 0.717) is 6.04 Å². The van der Waals surface area contributed by atoms with Crippen LogP contribution in [-0.2, 0) is 0 Å². The van der Waals surface area contributed by atoms with E-state index >= 15 is 0 Å². The summed E-state index contributed by atoms with van der Waals surface area (Å²) in [5, 5.41) is 12.6. The van der Waals surface area contributed by atoms with Crippen molar-refractivity contribution in [3.63, 3.8) is 0 Å². The van der Waals surface area contributed by atoms with Crippen molar-refractivity contribution in [1.82, 2.24) is 5.32 Å². The molecule has 0 saturated heterocycles. The number of unbranched alkanes of at least 4 members (excludes halogenated alkanes) is 1. The van der Waals surface area contributed by atoms with Crippen LogP contribution in [0.25, 0.3) is 0 Å². The number of rotatable bonds is 10. The van der Waals surface area contributed by atoms with Gasteiger partial charge in [0.05, 0.1) is 6.07 Å². The number of thioether (sulfide) groups is 1. The molecule has 2 nitrogen and oxygen atoms in total. The standard InChI is InChI=1S/C15H30N2S/c1-13(2)8-11-18-10-7-6-9-15(5,12-16)17-14(3)4/h13-14,17H,6-11H2,1-5H3. The molecule has 0 heterocycles. The lowest BCUT2D eigenvalue weighted by atomic mass is 9.96. The molecule has 0 aliphatic carbocycles. The van der Waals surface area contributed by atoms with Crippen LogP contribution < -0.4 is 5.32 Å². The molecule has 0 aliphatic heterocycles. The SMILES string of the molecule is CC(C)CCSCCCCC(C)(C#N)NC(C)C. The largest absolute Gasteiger partial charge is 0.297 e. The lowest BCUT2D eigenvalue weighted by Gasteiger charge is -2.25. The van der Waals surface area contributed by atoms with Crippen LogP contribution in [0.5, 0.6) is 0 Å². The summed E-state index contributed by atoms with van der Waals surface area (Å²) < 4.78 is 0. The molecule has 3 heteroatoms. The average molecular weight is 270 g/mol. The number of hydrogen-bond acceptors (Lipinski definition) is 3. The van der Waals surface area contributed by atoms with E-state index in [4.69, 9.17) is 0 Å². The third-order valence-electron chi connectivity index (χ3n) is 2.91. The van der Waals surface area contributed by atoms with Gasteiger partial charge in [-0.2, -0.15) is 17.0 Å². The number of nitriles is 1. The highest BCUT2D eigenvalue weighted by atomic mass is 32.2. The average Bonchev–Trinajstić information content (AvgIpc) is 2.26. The van der Waals surface area contributed by atoms with E-state index in [9.17, 15) is 5.26 Å². The van der Waals surface area contributed by atoms with Crippen LogP contribution in [0, 0.1) is 17.2 Å². The van der Waals surface area contributed by atoms with Crippen molar-refractivity contribution in [1.29, 1.82) is 5.26 Å². The van der Waals surface area contributed by atoms with E-state index < -0.39 is 0 Å². The third-order valence-corrected chi connectivity index (χ3v) is 4.01. The molecule has 0 rings (SSSR count). The summed E-state index contributed by atoms with van der Waals surface area (Å²) in [7, 11) is 0. The topological polar surface area (TPSA) is 35.8 Å². The van der Waals surface area contributed by atoms with Crippen LogP contribution in [0.3, 0.4) is 0 Å². The number of hydrogen-bond donors (Lipinski definition) is 1. The van der Waals surface area contributed by atoms with Crippen LogP contribution in [0.2, 0.25) is 0 Å². The van der Waals surface area contributed by atoms with E-state index in [1.165, 1.54) is 24.3 Å². The van der Waals surface area contributed by atoms with Gasteiger partial charge < -0.3 is 0 Å². The van der Waals surface area contributed by atoms with Crippen molar-refractivity contribution >= 4 is 11.8 Å². The van der Waals surface area contributed by atoms with Crippen molar-refractivity contribution in [2.24, 2.45) is 5.92 Å². The maximum atomic E-state index is 9.22. The van der Waals surface area contributed by atoms with Crippen molar-refractivity contribution < 1.29 is 0 Å². The second-order valence-corrected chi connectivity index (χ2v) is 7.22. The van der Waals surface area contributed by atoms with Gasteiger partial charge in [-0.05, 0) is 63.9 Å². The first-order chi connectivity index (χ1) is 8.39. The Hall–Kier alpha value is -0.200. The van der Waals surface area contributed by atoms with Crippen LogP contribution in [0.4, 0.5) is 0 Å². The van der Waals surface area contributed by atoms with Crippen LogP contribution in [-0.4, -0.2) is 23.1 Å². The lowest BCUT2D eigenvalue weighted by molar-refractivity contribution is 0.372. The molecule has 0 spiro atoms. The highest BCUT2D eigenvalue weighted by Gasteiger charge is 2.23. The van der Waals surface area contributed by atoms with Gasteiger partial charge in [0.15, 0.2) is 0 Å². The van der Waals surface area contributed by atoms with Gasteiger partial charge >= 0.3 is 0 Å². The number of nitrogens with one attached hydrogen (secondary N) is 1. The molecule has 1 unspecified atom stereocenters. The van der Waals surface area contributed by atoms with Crippen molar-refractivity contribution in [3.05, 3.63) is 0 Å². The van der Waals surface area contributed by atoms with Gasteiger partial charge in [-0.3, -0.25) is 5.32 Å². The fourth-order valence-corrected chi connectivity index (χ4v) is 3.15. The summed E-state index contributed by atoms with van der Waals surface area (Å²) in [5.74, 6) is 3.32. The molecule has 0 bridgehead atoms. The van der Waals surface area contributed by atoms with Crippen LogP contribution in [0.1, 0.15) is 60.3 Å². The molecule has 18 heavy (non-hydrogen) atoms. The van der Waals surface area contributed by atoms with Gasteiger partial charge in [-0.15, -0.1) is 0 Å². The second-order valence-electron chi connectivity index (χ2n) is 5.99. The molecule has 0 radical (unpaired) electrons. The Kier molecular flexibility index (Phi) is 9.59. The predicted octanol–water partition coefficient (Wildman–Crippen LogP) is 4.22. The normalized spacial score (nSPS) is 14.8. The molecule has 0 amide bonds. The van der Waals surface area contributed by atoms with E-state index in [0.717, 1.165) is 18.8 Å². The van der Waals surface area contributed by atoms with Crippen molar-refractivity contribution in [2.45, 2.75) is 71.9 Å². The first-order valence-electron chi connectivity index (χ1n) is 7.16. The monoisotopic (exact) mass is 270 g/mol. The Morgan fingerprint density at radius 1 is 1.17 bits per heavy atom. The molecule has 1 N–H and O–H groups in total. The molecular weight excluding hydrogens is 240 g/mol. The minimum Gasteiger partial charge on any atom is -0.297 e. The Balaban J connectivity index is 3.60. The summed E-state index contributed by atoms with van der Waals surface area (Å²) in [6, 6.07) is 2.78. The summed E-state index contributed by atoms with van der Waals surface area (Å²) in [5.41, 5.74) is -0.350. The molecule has 0 aromatic rings. The van der Waals surface area contributed by atoms with Gasteiger partial charge in [0, 0.05) is 6.04 Å². The van der Waals surface area contributed by atoms with Crippen molar-refractivity contribution in [2.75, 3.05) is 11.5 Å². The maximum absolute atomic E-state index is 9.22. The smallest absolute Gasteiger partial charge is 0.104 e. The van der Waals surface area contributed by atoms with Gasteiger partial charge in [-0.1, -0.05) is 13.8 Å². The van der Waals surface area contributed by atoms with Gasteiger partial charge in [-0.25, -0.2) is 0 Å². The molecule has 0 aliphatic rings. The van der Waals surface area contributed by atoms with Gasteiger partial charge in [0.2, 0.25) is 0 Å². The summed E-state index contributed by atoms with van der Waals surface area (Å²) in [4.78, 5) is 0. The van der Waals surface area contributed by atoms with E-state index in [2.05, 4.69) is 50.8 Å². The minimum atomic E-state index is -0.350. The summed E-state index contributed by atoms with van der Waals surface area (Å²) in [6.07, 6.45) is 4.63. The zero-order chi connectivity index (χ0) is 14.0. The molecule has 0 fully saturated rings. The molecule has 1 atom stereocenters. The Bertz CT molecular complexity index is 245. The second kappa shape index (κ2) is 9.69. The van der Waals surface area contributed by atoms with Crippen LogP contribution in [0.15, 0.2) is 0 Å². The zero-order valence-corrected chi connectivity index (χ0v) is 13.6. The zero-order valence-electron chi connectivity index (χ0n) is 12.8. The van der Waals surface area contributed by atoms with Gasteiger partial charge in [0.25, 0.3) is 0 Å². The summed E-state index contributed by atoms with van der Waals surface area (Å²) in [6.45, 7) is 10.8. The fourth-order valence-electron chi connectivity index (χ4n) is 1.90. The Labute approximate surface area is 118 Å². The highest BCUT2D eigenvalue weighted by molar-refractivity contribution is 7.99. The first kappa shape index (κ1) is 17.8. The third kappa shape index (κ3) is 9.79. The first-order valence-corrected chi connectivity index (χ1v) is 8.32. The Morgan fingerprint density at radius 3 is 2.33 bits per heavy atom. The highest BCUT2D eigenvalue weighted by Crippen LogP contribution is 2.16. The molecular formula is C15H30N2S. The molecule has 106 valence electrons. The van der Waals surface area contributed by atoms with E-state index in [1.54, 1.807) is 0 Å². The quantitative estimate of drug-likeness (QED) is 0.604.